The van der Waals surface area contributed by atoms with Gasteiger partial charge < -0.3 is 14.7 Å². The van der Waals surface area contributed by atoms with Crippen molar-refractivity contribution >= 4 is 5.91 Å². The second kappa shape index (κ2) is 11.4. The summed E-state index contributed by atoms with van der Waals surface area (Å²) < 4.78 is 5.98. The number of nitrogens with one attached hydrogen (secondary N) is 1. The average molecular weight is 524 g/mol. The second-order valence-corrected chi connectivity index (χ2v) is 10.6. The predicted octanol–water partition coefficient (Wildman–Crippen LogP) is 7.41. The third-order valence-electron chi connectivity index (χ3n) is 7.50. The molecule has 5 rings (SSSR count). The minimum atomic E-state index is -0.360. The van der Waals surface area contributed by atoms with Crippen molar-refractivity contribution in [1.82, 2.24) is 15.1 Å². The lowest BCUT2D eigenvalue weighted by molar-refractivity contribution is 0.0730. The number of aromatic amines is 1. The van der Waals surface area contributed by atoms with E-state index in [2.05, 4.69) is 48.3 Å². The minimum absolute atomic E-state index is 0.102. The smallest absolute Gasteiger partial charge is 0.273 e. The van der Waals surface area contributed by atoms with Gasteiger partial charge in [-0.25, -0.2) is 0 Å². The first-order valence-electron chi connectivity index (χ1n) is 13.9. The van der Waals surface area contributed by atoms with Crippen LogP contribution in [0.3, 0.4) is 0 Å². The number of aromatic hydroxyl groups is 1. The Labute approximate surface area is 230 Å². The SMILES string of the molecule is CCCCCCOc1ccc(C2c3c(-c4cc(C)cc(C)c4O)n[nH]c3C(=O)N2Cc2ccc(C)cc2)cc1. The molecule has 1 aliphatic rings. The zero-order valence-corrected chi connectivity index (χ0v) is 23.3. The van der Waals surface area contributed by atoms with E-state index in [9.17, 15) is 9.90 Å². The maximum absolute atomic E-state index is 13.8. The third kappa shape index (κ3) is 5.42. The summed E-state index contributed by atoms with van der Waals surface area (Å²) in [4.78, 5) is 15.7. The van der Waals surface area contributed by atoms with Gasteiger partial charge in [-0.05, 0) is 67.6 Å². The van der Waals surface area contributed by atoms with Gasteiger partial charge in [0.15, 0.2) is 0 Å². The largest absolute Gasteiger partial charge is 0.507 e. The van der Waals surface area contributed by atoms with Crippen LogP contribution in [0.4, 0.5) is 0 Å². The van der Waals surface area contributed by atoms with Crippen LogP contribution in [0.15, 0.2) is 60.7 Å². The number of rotatable bonds is 10. The van der Waals surface area contributed by atoms with Crippen LogP contribution in [-0.4, -0.2) is 32.7 Å². The number of phenolic OH excluding ortho intramolecular Hbond substituents is 1. The van der Waals surface area contributed by atoms with Gasteiger partial charge in [-0.2, -0.15) is 5.10 Å². The van der Waals surface area contributed by atoms with E-state index >= 15 is 0 Å². The van der Waals surface area contributed by atoms with E-state index in [-0.39, 0.29) is 17.7 Å². The van der Waals surface area contributed by atoms with Crippen molar-refractivity contribution in [3.8, 4) is 22.8 Å². The number of amides is 1. The van der Waals surface area contributed by atoms with Crippen LogP contribution in [0.2, 0.25) is 0 Å². The first kappa shape index (κ1) is 26.5. The highest BCUT2D eigenvalue weighted by atomic mass is 16.5. The predicted molar refractivity (Wildman–Crippen MR) is 154 cm³/mol. The number of ether oxygens (including phenoxy) is 1. The van der Waals surface area contributed by atoms with Crippen molar-refractivity contribution in [3.05, 3.63) is 99.7 Å². The van der Waals surface area contributed by atoms with Gasteiger partial charge in [0, 0.05) is 17.7 Å². The number of carbonyl (C=O) groups is 1. The van der Waals surface area contributed by atoms with E-state index in [1.807, 2.05) is 55.1 Å². The number of H-pyrrole nitrogens is 1. The van der Waals surface area contributed by atoms with E-state index in [1.165, 1.54) is 24.8 Å². The number of hydrogen-bond donors (Lipinski definition) is 2. The van der Waals surface area contributed by atoms with Gasteiger partial charge in [-0.3, -0.25) is 9.89 Å². The summed E-state index contributed by atoms with van der Waals surface area (Å²) in [5, 5.41) is 18.5. The molecule has 0 saturated carbocycles. The lowest BCUT2D eigenvalue weighted by Gasteiger charge is -2.27. The van der Waals surface area contributed by atoms with Crippen LogP contribution in [0.5, 0.6) is 11.5 Å². The number of carbonyl (C=O) groups excluding carboxylic acids is 1. The van der Waals surface area contributed by atoms with Crippen LogP contribution in [0, 0.1) is 20.8 Å². The number of aromatic nitrogens is 2. The molecule has 1 amide bonds. The van der Waals surface area contributed by atoms with Gasteiger partial charge in [0.05, 0.1) is 12.6 Å². The highest BCUT2D eigenvalue weighted by molar-refractivity contribution is 6.00. The number of phenols is 1. The zero-order valence-electron chi connectivity index (χ0n) is 23.3. The van der Waals surface area contributed by atoms with Gasteiger partial charge in [0.1, 0.15) is 22.9 Å². The monoisotopic (exact) mass is 523 g/mol. The van der Waals surface area contributed by atoms with Gasteiger partial charge in [-0.1, -0.05) is 74.2 Å². The molecule has 0 saturated heterocycles. The van der Waals surface area contributed by atoms with E-state index < -0.39 is 0 Å². The molecule has 2 N–H and O–H groups in total. The van der Waals surface area contributed by atoms with E-state index in [4.69, 9.17) is 4.74 Å². The Morgan fingerprint density at radius 3 is 2.41 bits per heavy atom. The molecule has 1 aliphatic heterocycles. The van der Waals surface area contributed by atoms with Crippen molar-refractivity contribution in [2.45, 2.75) is 66.0 Å². The normalized spacial score (nSPS) is 14.6. The molecular weight excluding hydrogens is 486 g/mol. The molecule has 0 bridgehead atoms. The van der Waals surface area contributed by atoms with Crippen LogP contribution in [-0.2, 0) is 6.54 Å². The Balaban J connectivity index is 1.52. The summed E-state index contributed by atoms with van der Waals surface area (Å²) in [5.41, 5.74) is 7.50. The number of fused-ring (bicyclic) bond motifs is 1. The molecule has 3 aromatic carbocycles. The quantitative estimate of drug-likeness (QED) is 0.212. The number of aryl methyl sites for hydroxylation is 3. The molecule has 0 spiro atoms. The highest BCUT2D eigenvalue weighted by Crippen LogP contribution is 2.46. The minimum Gasteiger partial charge on any atom is -0.507 e. The molecule has 1 atom stereocenters. The van der Waals surface area contributed by atoms with E-state index in [1.54, 1.807) is 0 Å². The van der Waals surface area contributed by atoms with Gasteiger partial charge >= 0.3 is 0 Å². The summed E-state index contributed by atoms with van der Waals surface area (Å²) in [6, 6.07) is 19.8. The molecule has 1 aromatic heterocycles. The van der Waals surface area contributed by atoms with Gasteiger partial charge in [-0.15, -0.1) is 0 Å². The summed E-state index contributed by atoms with van der Waals surface area (Å²) >= 11 is 0. The molecule has 39 heavy (non-hydrogen) atoms. The lowest BCUT2D eigenvalue weighted by Crippen LogP contribution is -2.29. The van der Waals surface area contributed by atoms with E-state index in [0.717, 1.165) is 40.0 Å². The maximum Gasteiger partial charge on any atom is 0.273 e. The molecule has 202 valence electrons. The molecule has 0 fully saturated rings. The Kier molecular flexibility index (Phi) is 7.73. The molecule has 1 unspecified atom stereocenters. The van der Waals surface area contributed by atoms with Gasteiger partial charge in [0.2, 0.25) is 0 Å². The fourth-order valence-corrected chi connectivity index (χ4v) is 5.41. The van der Waals surface area contributed by atoms with Crippen LogP contribution < -0.4 is 4.74 Å². The van der Waals surface area contributed by atoms with Crippen molar-refractivity contribution in [3.63, 3.8) is 0 Å². The number of nitrogens with zero attached hydrogens (tertiary/aromatic N) is 2. The molecular formula is C33H37N3O3. The highest BCUT2D eigenvalue weighted by Gasteiger charge is 2.42. The van der Waals surface area contributed by atoms with Crippen molar-refractivity contribution < 1.29 is 14.6 Å². The summed E-state index contributed by atoms with van der Waals surface area (Å²) in [6.45, 7) is 9.29. The Morgan fingerprint density at radius 2 is 1.69 bits per heavy atom. The topological polar surface area (TPSA) is 78.5 Å². The fourth-order valence-electron chi connectivity index (χ4n) is 5.41. The number of benzene rings is 3. The Hall–Kier alpha value is -4.06. The lowest BCUT2D eigenvalue weighted by atomic mass is 9.94. The first-order chi connectivity index (χ1) is 18.9. The van der Waals surface area contributed by atoms with Crippen LogP contribution >= 0.6 is 0 Å². The first-order valence-corrected chi connectivity index (χ1v) is 13.9. The van der Waals surface area contributed by atoms with Gasteiger partial charge in [0.25, 0.3) is 5.91 Å². The van der Waals surface area contributed by atoms with Crippen molar-refractivity contribution in [2.24, 2.45) is 0 Å². The summed E-state index contributed by atoms with van der Waals surface area (Å²) in [6.07, 6.45) is 4.63. The number of hydrogen-bond acceptors (Lipinski definition) is 4. The third-order valence-corrected chi connectivity index (χ3v) is 7.50. The number of unbranched alkanes of at least 4 members (excludes halogenated alkanes) is 3. The Bertz CT molecular complexity index is 1460. The molecule has 0 radical (unpaired) electrons. The molecule has 0 aliphatic carbocycles. The molecule has 2 heterocycles. The van der Waals surface area contributed by atoms with Crippen molar-refractivity contribution in [2.75, 3.05) is 6.61 Å². The molecule has 4 aromatic rings. The van der Waals surface area contributed by atoms with Crippen LogP contribution in [0.1, 0.15) is 82.5 Å². The average Bonchev–Trinajstić information content (AvgIpc) is 3.46. The Morgan fingerprint density at radius 1 is 0.949 bits per heavy atom. The maximum atomic E-state index is 13.8. The zero-order chi connectivity index (χ0) is 27.5. The summed E-state index contributed by atoms with van der Waals surface area (Å²) in [5.74, 6) is 0.906. The fraction of sp³-hybridized carbons (Fsp3) is 0.333. The van der Waals surface area contributed by atoms with E-state index in [0.29, 0.717) is 30.1 Å². The standard InChI is InChI=1S/C33H37N3O3/c1-5-6-7-8-17-39-26-15-13-25(14-16-26)31-28-29(27-19-22(3)18-23(4)32(27)37)34-35-30(28)33(38)36(31)20-24-11-9-21(2)10-12-24/h9-16,18-19,31,37H,5-8,17,20H2,1-4H3,(H,34,35). The molecule has 6 nitrogen and oxygen atoms in total. The van der Waals surface area contributed by atoms with Crippen molar-refractivity contribution in [1.29, 1.82) is 0 Å². The summed E-state index contributed by atoms with van der Waals surface area (Å²) in [7, 11) is 0. The van der Waals surface area contributed by atoms with Crippen LogP contribution in [0.25, 0.3) is 11.3 Å². The second-order valence-electron chi connectivity index (χ2n) is 10.6. The molecule has 6 heteroatoms.